The van der Waals surface area contributed by atoms with Crippen LogP contribution in [-0.4, -0.2) is 51.6 Å². The van der Waals surface area contributed by atoms with Crippen LogP contribution in [0.1, 0.15) is 12.8 Å². The van der Waals surface area contributed by atoms with Crippen LogP contribution in [0.2, 0.25) is 0 Å². The van der Waals surface area contributed by atoms with E-state index < -0.39 is 6.16 Å². The van der Waals surface area contributed by atoms with Gasteiger partial charge in [-0.3, -0.25) is 14.9 Å². The maximum Gasteiger partial charge on any atom is 0.503 e. The van der Waals surface area contributed by atoms with Crippen molar-refractivity contribution in [3.8, 4) is 0 Å². The molecule has 0 aromatic carbocycles. The molecule has 1 fully saturated rings. The minimum Gasteiger partial charge on any atom is -0.450 e. The van der Waals surface area contributed by atoms with Crippen LogP contribution in [0.25, 0.3) is 0 Å². The average molecular weight is 223 g/mol. The number of carboxylic acid groups (broad SMARTS) is 2. The van der Waals surface area contributed by atoms with Gasteiger partial charge in [-0.25, -0.2) is 4.79 Å². The van der Waals surface area contributed by atoms with E-state index in [4.69, 9.17) is 25.2 Å². The van der Waals surface area contributed by atoms with Crippen LogP contribution in [0.15, 0.2) is 0 Å². The predicted molar refractivity (Wildman–Crippen MR) is 47.2 cm³/mol. The first-order chi connectivity index (χ1) is 6.93. The lowest BCUT2D eigenvalue weighted by molar-refractivity contribution is -0.124. The van der Waals surface area contributed by atoms with Crippen LogP contribution in [0.5, 0.6) is 0 Å². The van der Waals surface area contributed by atoms with Gasteiger partial charge in [-0.15, -0.1) is 0 Å². The first-order valence-corrected chi connectivity index (χ1v) is 3.90. The summed E-state index contributed by atoms with van der Waals surface area (Å²) >= 11 is 0. The number of hydrogen-bond acceptors (Lipinski definition) is 5. The Bertz CT molecular complexity index is 195. The second kappa shape index (κ2) is 10.4. The second-order valence-corrected chi connectivity index (χ2v) is 2.20. The highest BCUT2D eigenvalue weighted by Gasteiger charge is 2.15. The largest absolute Gasteiger partial charge is 0.503 e. The lowest BCUT2D eigenvalue weighted by atomic mass is 10.4. The molecule has 0 radical (unpaired) electrons. The maximum absolute atomic E-state index is 10.1. The van der Waals surface area contributed by atoms with Crippen LogP contribution >= 0.6 is 0 Å². The number of hydrogen-bond donors (Lipinski definition) is 5. The molecule has 2 amide bonds. The van der Waals surface area contributed by atoms with E-state index in [0.717, 1.165) is 0 Å². The molecule has 0 atom stereocenters. The third-order valence-corrected chi connectivity index (χ3v) is 0.958. The Labute approximate surface area is 85.1 Å². The molecule has 0 bridgehead atoms. The number of carbonyl (C=O) groups excluding carboxylic acids is 2. The topological polar surface area (TPSA) is 144 Å². The fourth-order valence-corrected chi connectivity index (χ4v) is 0.508. The smallest absolute Gasteiger partial charge is 0.450 e. The molecule has 5 N–H and O–H groups in total. The van der Waals surface area contributed by atoms with Crippen LogP contribution < -0.4 is 5.32 Å². The molecular formula is C7H13NO7. The summed E-state index contributed by atoms with van der Waals surface area (Å²) in [5, 5.41) is 31.3. The summed E-state index contributed by atoms with van der Waals surface area (Å²) in [6.07, 6.45) is -1.09. The van der Waals surface area contributed by atoms with E-state index >= 15 is 0 Å². The summed E-state index contributed by atoms with van der Waals surface area (Å²) in [6.45, 7) is -0.250. The Morgan fingerprint density at radius 3 is 1.40 bits per heavy atom. The fraction of sp³-hybridized carbons (Fsp3) is 0.571. The van der Waals surface area contributed by atoms with Gasteiger partial charge in [0.15, 0.2) is 0 Å². The standard InChI is InChI=1S/C4H5NO2.C2H6O2.CH2O3/c6-3-1-2-4(7)5-3;3-1-2-4;2-1(3)4/h1-2H2,(H,5,6,7);3-4H,1-2H2;(H2,2,3,4). The zero-order chi connectivity index (χ0) is 12.3. The van der Waals surface area contributed by atoms with E-state index in [1.165, 1.54) is 0 Å². The van der Waals surface area contributed by atoms with Crippen LogP contribution in [-0.2, 0) is 9.59 Å². The molecule has 1 aliphatic heterocycles. The van der Waals surface area contributed by atoms with E-state index in [-0.39, 0.29) is 25.0 Å². The molecule has 88 valence electrons. The van der Waals surface area contributed by atoms with Crippen molar-refractivity contribution in [2.24, 2.45) is 0 Å². The Hall–Kier alpha value is -1.67. The SMILES string of the molecule is O=C(O)O.O=C1CCC(=O)N1.OCCO. The van der Waals surface area contributed by atoms with Crippen molar-refractivity contribution in [1.29, 1.82) is 0 Å². The highest BCUT2D eigenvalue weighted by molar-refractivity contribution is 6.01. The van der Waals surface area contributed by atoms with Gasteiger partial charge in [0.1, 0.15) is 0 Å². The van der Waals surface area contributed by atoms with Gasteiger partial charge in [0.05, 0.1) is 13.2 Å². The zero-order valence-electron chi connectivity index (χ0n) is 7.84. The van der Waals surface area contributed by atoms with E-state index in [1.807, 2.05) is 0 Å². The van der Waals surface area contributed by atoms with Crippen molar-refractivity contribution in [1.82, 2.24) is 5.32 Å². The molecule has 0 unspecified atom stereocenters. The molecule has 8 heteroatoms. The van der Waals surface area contributed by atoms with Gasteiger partial charge in [0.25, 0.3) is 0 Å². The van der Waals surface area contributed by atoms with E-state index in [9.17, 15) is 9.59 Å². The molecule has 1 saturated heterocycles. The predicted octanol–water partition coefficient (Wildman–Crippen LogP) is -1.38. The molecule has 0 aromatic heterocycles. The van der Waals surface area contributed by atoms with Crippen molar-refractivity contribution in [2.45, 2.75) is 12.8 Å². The maximum atomic E-state index is 10.1. The van der Waals surface area contributed by atoms with Crippen LogP contribution in [0, 0.1) is 0 Å². The molecule has 1 aliphatic rings. The van der Waals surface area contributed by atoms with E-state index in [0.29, 0.717) is 12.8 Å². The lowest BCUT2D eigenvalue weighted by Gasteiger charge is -1.79. The Morgan fingerprint density at radius 1 is 1.07 bits per heavy atom. The number of rotatable bonds is 1. The van der Waals surface area contributed by atoms with Gasteiger partial charge in [0.2, 0.25) is 11.8 Å². The van der Waals surface area contributed by atoms with E-state index in [2.05, 4.69) is 5.32 Å². The highest BCUT2D eigenvalue weighted by atomic mass is 16.6. The summed E-state index contributed by atoms with van der Waals surface area (Å²) in [4.78, 5) is 28.8. The van der Waals surface area contributed by atoms with Gasteiger partial charge in [0, 0.05) is 12.8 Å². The van der Waals surface area contributed by atoms with Gasteiger partial charge >= 0.3 is 6.16 Å². The number of aliphatic hydroxyl groups excluding tert-OH is 2. The monoisotopic (exact) mass is 223 g/mol. The molecule has 0 aliphatic carbocycles. The van der Waals surface area contributed by atoms with Crippen LogP contribution in [0.4, 0.5) is 4.79 Å². The van der Waals surface area contributed by atoms with Crippen LogP contribution in [0.3, 0.4) is 0 Å². The fourth-order valence-electron chi connectivity index (χ4n) is 0.508. The summed E-state index contributed by atoms with van der Waals surface area (Å²) in [7, 11) is 0. The third kappa shape index (κ3) is 19.0. The van der Waals surface area contributed by atoms with E-state index in [1.54, 1.807) is 0 Å². The molecule has 8 nitrogen and oxygen atoms in total. The number of nitrogens with one attached hydrogen (secondary N) is 1. The number of amides is 2. The van der Waals surface area contributed by atoms with Crippen molar-refractivity contribution in [3.05, 3.63) is 0 Å². The number of carbonyl (C=O) groups is 3. The van der Waals surface area contributed by atoms with Gasteiger partial charge in [-0.2, -0.15) is 0 Å². The first kappa shape index (κ1) is 15.8. The van der Waals surface area contributed by atoms with Gasteiger partial charge in [-0.05, 0) is 0 Å². The Morgan fingerprint density at radius 2 is 1.33 bits per heavy atom. The van der Waals surface area contributed by atoms with Crippen molar-refractivity contribution in [2.75, 3.05) is 13.2 Å². The highest BCUT2D eigenvalue weighted by Crippen LogP contribution is 1.95. The molecule has 0 saturated carbocycles. The second-order valence-electron chi connectivity index (χ2n) is 2.20. The minimum absolute atomic E-state index is 0.125. The average Bonchev–Trinajstić information content (AvgIpc) is 2.49. The molecule has 0 spiro atoms. The van der Waals surface area contributed by atoms with Gasteiger partial charge in [-0.1, -0.05) is 0 Å². The zero-order valence-corrected chi connectivity index (χ0v) is 7.84. The number of aliphatic hydroxyl groups is 2. The van der Waals surface area contributed by atoms with Gasteiger partial charge < -0.3 is 20.4 Å². The third-order valence-electron chi connectivity index (χ3n) is 0.958. The van der Waals surface area contributed by atoms with Crippen molar-refractivity contribution in [3.63, 3.8) is 0 Å². The number of imide groups is 1. The summed E-state index contributed by atoms with van der Waals surface area (Å²) in [6, 6.07) is 0. The van der Waals surface area contributed by atoms with Crippen molar-refractivity contribution < 1.29 is 34.8 Å². The molecular weight excluding hydrogens is 210 g/mol. The first-order valence-electron chi connectivity index (χ1n) is 3.90. The Balaban J connectivity index is 0. The molecule has 1 heterocycles. The Kier molecular flexibility index (Phi) is 11.0. The lowest BCUT2D eigenvalue weighted by Crippen LogP contribution is -2.18. The summed E-state index contributed by atoms with van der Waals surface area (Å²) in [5.41, 5.74) is 0. The van der Waals surface area contributed by atoms with Crippen molar-refractivity contribution >= 4 is 18.0 Å². The molecule has 15 heavy (non-hydrogen) atoms. The summed E-state index contributed by atoms with van der Waals surface area (Å²) < 4.78 is 0. The quantitative estimate of drug-likeness (QED) is 0.344. The molecule has 1 rings (SSSR count). The normalized spacial score (nSPS) is 12.9. The minimum atomic E-state index is -1.83. The molecule has 0 aromatic rings. The summed E-state index contributed by atoms with van der Waals surface area (Å²) in [5.74, 6) is -0.296.